The van der Waals surface area contributed by atoms with Crippen LogP contribution in [0.1, 0.15) is 26.3 Å². The van der Waals surface area contributed by atoms with Gasteiger partial charge in [0.05, 0.1) is 13.7 Å². The second-order valence-electron chi connectivity index (χ2n) is 7.66. The maximum atomic E-state index is 12.2. The van der Waals surface area contributed by atoms with Gasteiger partial charge in [-0.25, -0.2) is 4.79 Å². The molecule has 2 rings (SSSR count). The van der Waals surface area contributed by atoms with Gasteiger partial charge in [0.2, 0.25) is 5.91 Å². The highest BCUT2D eigenvalue weighted by molar-refractivity contribution is 5.78. The third-order valence-corrected chi connectivity index (χ3v) is 4.30. The summed E-state index contributed by atoms with van der Waals surface area (Å²) < 4.78 is 10.7. The molecule has 27 heavy (non-hydrogen) atoms. The highest BCUT2D eigenvalue weighted by Crippen LogP contribution is 2.17. The third-order valence-electron chi connectivity index (χ3n) is 4.30. The van der Waals surface area contributed by atoms with Crippen molar-refractivity contribution in [1.82, 2.24) is 15.1 Å². The number of nitrogens with one attached hydrogen (secondary N) is 1. The maximum Gasteiger partial charge on any atom is 0.410 e. The molecule has 1 N–H and O–H groups in total. The van der Waals surface area contributed by atoms with E-state index in [1.54, 1.807) is 12.0 Å². The number of methoxy groups -OCH3 is 1. The van der Waals surface area contributed by atoms with Crippen molar-refractivity contribution < 1.29 is 19.1 Å². The molecule has 0 aromatic heterocycles. The molecule has 1 fully saturated rings. The van der Waals surface area contributed by atoms with Crippen molar-refractivity contribution in [3.05, 3.63) is 29.8 Å². The van der Waals surface area contributed by atoms with Crippen LogP contribution in [0.5, 0.6) is 5.75 Å². The molecule has 0 spiro atoms. The summed E-state index contributed by atoms with van der Waals surface area (Å²) in [5.41, 5.74) is 0.585. The molecule has 150 valence electrons. The Morgan fingerprint density at radius 2 is 1.78 bits per heavy atom. The van der Waals surface area contributed by atoms with Gasteiger partial charge in [0, 0.05) is 32.7 Å². The molecule has 1 aliphatic heterocycles. The van der Waals surface area contributed by atoms with Gasteiger partial charge in [-0.15, -0.1) is 0 Å². The van der Waals surface area contributed by atoms with E-state index in [4.69, 9.17) is 9.47 Å². The average Bonchev–Trinajstić information content (AvgIpc) is 2.61. The molecule has 7 nitrogen and oxygen atoms in total. The normalized spacial score (nSPS) is 15.3. The second kappa shape index (κ2) is 9.60. The van der Waals surface area contributed by atoms with E-state index < -0.39 is 5.60 Å². The highest BCUT2D eigenvalue weighted by Gasteiger charge is 2.26. The number of benzene rings is 1. The first-order valence-electron chi connectivity index (χ1n) is 9.37. The topological polar surface area (TPSA) is 71.1 Å². The molecule has 0 unspecified atom stereocenters. The van der Waals surface area contributed by atoms with Gasteiger partial charge in [-0.3, -0.25) is 9.69 Å². The van der Waals surface area contributed by atoms with Crippen molar-refractivity contribution in [1.29, 1.82) is 0 Å². The minimum absolute atomic E-state index is 0.00406. The second-order valence-corrected chi connectivity index (χ2v) is 7.66. The van der Waals surface area contributed by atoms with Crippen LogP contribution in [0.3, 0.4) is 0 Å². The fourth-order valence-electron chi connectivity index (χ4n) is 2.92. The van der Waals surface area contributed by atoms with Gasteiger partial charge in [0.25, 0.3) is 0 Å². The lowest BCUT2D eigenvalue weighted by Gasteiger charge is -2.35. The summed E-state index contributed by atoms with van der Waals surface area (Å²) in [5.74, 6) is 0.834. The molecule has 1 aliphatic rings. The Labute approximate surface area is 161 Å². The van der Waals surface area contributed by atoms with E-state index in [1.807, 2.05) is 45.0 Å². The molecule has 1 heterocycles. The van der Waals surface area contributed by atoms with Crippen molar-refractivity contribution in [3.8, 4) is 5.75 Å². The zero-order chi connectivity index (χ0) is 19.9. The molecule has 2 amide bonds. The number of hydrogen-bond donors (Lipinski definition) is 1. The van der Waals surface area contributed by atoms with Gasteiger partial charge in [0.15, 0.2) is 0 Å². The number of ether oxygens (including phenoxy) is 2. The van der Waals surface area contributed by atoms with E-state index in [1.165, 1.54) is 0 Å². The number of para-hydroxylation sites is 1. The number of carbonyl (C=O) groups is 2. The summed E-state index contributed by atoms with van der Waals surface area (Å²) in [7, 11) is 1.65. The van der Waals surface area contributed by atoms with Gasteiger partial charge < -0.3 is 19.7 Å². The summed E-state index contributed by atoms with van der Waals surface area (Å²) in [6.45, 7) is 8.96. The lowest BCUT2D eigenvalue weighted by molar-refractivity contribution is -0.122. The van der Waals surface area contributed by atoms with E-state index in [-0.39, 0.29) is 12.0 Å². The van der Waals surface area contributed by atoms with Crippen LogP contribution in [-0.2, 0) is 16.0 Å². The van der Waals surface area contributed by atoms with Crippen LogP contribution < -0.4 is 10.1 Å². The Bertz CT molecular complexity index is 634. The molecule has 1 aromatic rings. The minimum atomic E-state index is -0.491. The Morgan fingerprint density at radius 1 is 1.11 bits per heavy atom. The number of carbonyl (C=O) groups excluding carboxylic acids is 2. The van der Waals surface area contributed by atoms with Gasteiger partial charge in [0.1, 0.15) is 11.4 Å². The van der Waals surface area contributed by atoms with E-state index in [2.05, 4.69) is 10.2 Å². The molecule has 1 saturated heterocycles. The van der Waals surface area contributed by atoms with Crippen molar-refractivity contribution in [2.75, 3.05) is 46.4 Å². The van der Waals surface area contributed by atoms with Crippen molar-refractivity contribution >= 4 is 12.0 Å². The highest BCUT2D eigenvalue weighted by atomic mass is 16.6. The summed E-state index contributed by atoms with van der Waals surface area (Å²) in [4.78, 5) is 28.0. The Kier molecular flexibility index (Phi) is 7.47. The smallest absolute Gasteiger partial charge is 0.410 e. The number of nitrogens with zero attached hydrogens (tertiary/aromatic N) is 2. The van der Waals surface area contributed by atoms with E-state index in [0.717, 1.165) is 17.7 Å². The summed E-state index contributed by atoms with van der Waals surface area (Å²) in [6.07, 6.45) is 0.436. The van der Waals surface area contributed by atoms with Crippen LogP contribution in [0.15, 0.2) is 24.3 Å². The van der Waals surface area contributed by atoms with Gasteiger partial charge in [-0.05, 0) is 38.8 Å². The van der Waals surface area contributed by atoms with Crippen LogP contribution in [0.25, 0.3) is 0 Å². The van der Waals surface area contributed by atoms with E-state index in [0.29, 0.717) is 39.3 Å². The largest absolute Gasteiger partial charge is 0.496 e. The number of piperazine rings is 1. The number of rotatable bonds is 6. The van der Waals surface area contributed by atoms with Crippen LogP contribution in [0.2, 0.25) is 0 Å². The molecule has 7 heteroatoms. The molecule has 1 aromatic carbocycles. The fraction of sp³-hybridized carbons (Fsp3) is 0.600. The zero-order valence-corrected chi connectivity index (χ0v) is 16.8. The standard InChI is InChI=1S/C20H31N3O4/c1-20(2,3)27-19(25)23-13-11-22(12-14-23)15-18(24)21-10-9-16-7-5-6-8-17(16)26-4/h5-8H,9-15H2,1-4H3,(H,21,24). The minimum Gasteiger partial charge on any atom is -0.496 e. The predicted octanol–water partition coefficient (Wildman–Crippen LogP) is 1.91. The number of amides is 2. The van der Waals surface area contributed by atoms with E-state index >= 15 is 0 Å². The zero-order valence-electron chi connectivity index (χ0n) is 16.8. The molecule has 0 bridgehead atoms. The van der Waals surface area contributed by atoms with Crippen LogP contribution >= 0.6 is 0 Å². The third kappa shape index (κ3) is 7.09. The van der Waals surface area contributed by atoms with Gasteiger partial charge in [-0.1, -0.05) is 18.2 Å². The van der Waals surface area contributed by atoms with Crippen LogP contribution in [0, 0.1) is 0 Å². The van der Waals surface area contributed by atoms with Crippen molar-refractivity contribution in [3.63, 3.8) is 0 Å². The molecule has 0 atom stereocenters. The lowest BCUT2D eigenvalue weighted by atomic mass is 10.1. The van der Waals surface area contributed by atoms with Gasteiger partial charge >= 0.3 is 6.09 Å². The molecule has 0 radical (unpaired) electrons. The quantitative estimate of drug-likeness (QED) is 0.820. The SMILES string of the molecule is COc1ccccc1CCNC(=O)CN1CCN(C(=O)OC(C)(C)C)CC1. The molecule has 0 aliphatic carbocycles. The first-order chi connectivity index (χ1) is 12.8. The number of hydrogen-bond acceptors (Lipinski definition) is 5. The van der Waals surface area contributed by atoms with Crippen molar-refractivity contribution in [2.45, 2.75) is 32.8 Å². The van der Waals surface area contributed by atoms with E-state index in [9.17, 15) is 9.59 Å². The average molecular weight is 377 g/mol. The molecular weight excluding hydrogens is 346 g/mol. The molecule has 0 saturated carbocycles. The monoisotopic (exact) mass is 377 g/mol. The summed E-state index contributed by atoms with van der Waals surface area (Å²) in [6, 6.07) is 7.81. The predicted molar refractivity (Wildman–Crippen MR) is 104 cm³/mol. The summed E-state index contributed by atoms with van der Waals surface area (Å²) in [5, 5.41) is 2.95. The van der Waals surface area contributed by atoms with Gasteiger partial charge in [-0.2, -0.15) is 0 Å². The van der Waals surface area contributed by atoms with Crippen LogP contribution in [-0.4, -0.2) is 73.8 Å². The lowest BCUT2D eigenvalue weighted by Crippen LogP contribution is -2.52. The first-order valence-corrected chi connectivity index (χ1v) is 9.37. The van der Waals surface area contributed by atoms with Crippen molar-refractivity contribution in [2.24, 2.45) is 0 Å². The first kappa shape index (κ1) is 21.0. The Morgan fingerprint density at radius 3 is 2.41 bits per heavy atom. The van der Waals surface area contributed by atoms with Crippen LogP contribution in [0.4, 0.5) is 4.79 Å². The Balaban J connectivity index is 1.68. The summed E-state index contributed by atoms with van der Waals surface area (Å²) >= 11 is 0. The Hall–Kier alpha value is -2.28. The maximum absolute atomic E-state index is 12.2. The molecular formula is C20H31N3O4. The fourth-order valence-corrected chi connectivity index (χ4v) is 2.92.